The lowest BCUT2D eigenvalue weighted by molar-refractivity contribution is 0.174. The van der Waals surface area contributed by atoms with Crippen LogP contribution in [0.2, 0.25) is 5.02 Å². The van der Waals surface area contributed by atoms with E-state index >= 15 is 0 Å². The van der Waals surface area contributed by atoms with Gasteiger partial charge in [-0.25, -0.2) is 17.5 Å². The van der Waals surface area contributed by atoms with Gasteiger partial charge in [0.25, 0.3) is 0 Å². The summed E-state index contributed by atoms with van der Waals surface area (Å²) in [5, 5.41) is 9.37. The van der Waals surface area contributed by atoms with Crippen LogP contribution in [0.3, 0.4) is 0 Å². The minimum Gasteiger partial charge on any atom is -0.392 e. The van der Waals surface area contributed by atoms with Crippen LogP contribution in [-0.4, -0.2) is 26.2 Å². The van der Waals surface area contributed by atoms with E-state index in [1.54, 1.807) is 6.92 Å². The molecule has 1 aromatic rings. The van der Waals surface area contributed by atoms with E-state index in [-0.39, 0.29) is 11.6 Å². The largest absolute Gasteiger partial charge is 0.392 e. The molecule has 1 rings (SSSR count). The van der Waals surface area contributed by atoms with E-state index in [1.807, 2.05) is 0 Å². The number of hydrogen-bond acceptors (Lipinski definition) is 3. The first-order valence-electron chi connectivity index (χ1n) is 4.99. The first-order valence-corrected chi connectivity index (χ1v) is 6.85. The lowest BCUT2D eigenvalue weighted by Gasteiger charge is -2.10. The van der Waals surface area contributed by atoms with E-state index in [2.05, 4.69) is 4.72 Å². The molecule has 0 fully saturated rings. The van der Waals surface area contributed by atoms with E-state index in [4.69, 9.17) is 11.6 Å². The molecule has 7 heteroatoms. The van der Waals surface area contributed by atoms with Crippen molar-refractivity contribution in [1.29, 1.82) is 0 Å². The fourth-order valence-corrected chi connectivity index (χ4v) is 2.52. The standard InChI is InChI=1S/C10H13ClFNO3S/c1-2-8(14)6-13-17(15,16)10-5-7(11)3-4-9(10)12/h3-5,8,13-14H,2,6H2,1H3. The number of hydrogen-bond donors (Lipinski definition) is 2. The maximum Gasteiger partial charge on any atom is 0.243 e. The Balaban J connectivity index is 2.93. The van der Waals surface area contributed by atoms with Gasteiger partial charge in [-0.1, -0.05) is 18.5 Å². The predicted octanol–water partition coefficient (Wildman–Crippen LogP) is 1.53. The van der Waals surface area contributed by atoms with Crippen molar-refractivity contribution in [3.05, 3.63) is 29.0 Å². The molecule has 0 heterocycles. The zero-order valence-corrected chi connectivity index (χ0v) is 10.7. The van der Waals surface area contributed by atoms with Crippen molar-refractivity contribution < 1.29 is 17.9 Å². The molecule has 0 spiro atoms. The predicted molar refractivity (Wildman–Crippen MR) is 62.9 cm³/mol. The molecule has 0 bridgehead atoms. The molecule has 0 aliphatic rings. The highest BCUT2D eigenvalue weighted by Gasteiger charge is 2.20. The quantitative estimate of drug-likeness (QED) is 0.860. The first kappa shape index (κ1) is 14.4. The highest BCUT2D eigenvalue weighted by atomic mass is 35.5. The van der Waals surface area contributed by atoms with Crippen LogP contribution in [0, 0.1) is 5.82 Å². The highest BCUT2D eigenvalue weighted by Crippen LogP contribution is 2.19. The molecular weight excluding hydrogens is 269 g/mol. The minimum absolute atomic E-state index is 0.128. The molecule has 2 N–H and O–H groups in total. The highest BCUT2D eigenvalue weighted by molar-refractivity contribution is 7.89. The van der Waals surface area contributed by atoms with E-state index < -0.39 is 26.8 Å². The Bertz CT molecular complexity index is 492. The molecule has 0 aliphatic carbocycles. The summed E-state index contributed by atoms with van der Waals surface area (Å²) in [6.45, 7) is 1.55. The van der Waals surface area contributed by atoms with Crippen LogP contribution in [0.1, 0.15) is 13.3 Å². The fourth-order valence-electron chi connectivity index (χ4n) is 1.11. The first-order chi connectivity index (χ1) is 7.86. The smallest absolute Gasteiger partial charge is 0.243 e. The Morgan fingerprint density at radius 3 is 2.76 bits per heavy atom. The summed E-state index contributed by atoms with van der Waals surface area (Å²) in [6.07, 6.45) is -0.396. The van der Waals surface area contributed by atoms with Gasteiger partial charge in [-0.15, -0.1) is 0 Å². The summed E-state index contributed by atoms with van der Waals surface area (Å²) in [5.74, 6) is -0.882. The summed E-state index contributed by atoms with van der Waals surface area (Å²) >= 11 is 5.60. The monoisotopic (exact) mass is 281 g/mol. The summed E-state index contributed by atoms with van der Waals surface area (Å²) in [7, 11) is -3.99. The lowest BCUT2D eigenvalue weighted by atomic mass is 10.3. The topological polar surface area (TPSA) is 66.4 Å². The molecule has 0 saturated heterocycles. The van der Waals surface area contributed by atoms with Crippen molar-refractivity contribution >= 4 is 21.6 Å². The van der Waals surface area contributed by atoms with Gasteiger partial charge in [0.1, 0.15) is 10.7 Å². The van der Waals surface area contributed by atoms with Crippen molar-refractivity contribution in [3.8, 4) is 0 Å². The van der Waals surface area contributed by atoms with Crippen molar-refractivity contribution in [1.82, 2.24) is 4.72 Å². The average molecular weight is 282 g/mol. The molecule has 0 saturated carbocycles. The Morgan fingerprint density at radius 2 is 2.18 bits per heavy atom. The minimum atomic E-state index is -3.99. The van der Waals surface area contributed by atoms with Gasteiger partial charge in [0.05, 0.1) is 6.10 Å². The van der Waals surface area contributed by atoms with Gasteiger partial charge in [-0.3, -0.25) is 0 Å². The summed E-state index contributed by atoms with van der Waals surface area (Å²) in [4.78, 5) is -0.520. The Labute approximate surface area is 104 Å². The van der Waals surface area contributed by atoms with E-state index in [0.29, 0.717) is 6.42 Å². The SMILES string of the molecule is CCC(O)CNS(=O)(=O)c1cc(Cl)ccc1F. The number of halogens is 2. The second-order valence-corrected chi connectivity index (χ2v) is 5.66. The summed E-state index contributed by atoms with van der Waals surface area (Å²) in [5.41, 5.74) is 0. The van der Waals surface area contributed by atoms with Crippen molar-refractivity contribution in [2.45, 2.75) is 24.3 Å². The zero-order chi connectivity index (χ0) is 13.1. The molecule has 17 heavy (non-hydrogen) atoms. The molecule has 96 valence electrons. The maximum atomic E-state index is 13.3. The van der Waals surface area contributed by atoms with Crippen LogP contribution in [-0.2, 0) is 10.0 Å². The molecular formula is C10H13ClFNO3S. The number of aliphatic hydroxyl groups is 1. The third-order valence-corrected chi connectivity index (χ3v) is 3.84. The van der Waals surface area contributed by atoms with E-state index in [9.17, 15) is 17.9 Å². The van der Waals surface area contributed by atoms with Gasteiger partial charge in [-0.2, -0.15) is 0 Å². The summed E-state index contributed by atoms with van der Waals surface area (Å²) < 4.78 is 38.9. The molecule has 0 amide bonds. The Kier molecular flexibility index (Phi) is 4.88. The molecule has 1 unspecified atom stereocenters. The van der Waals surface area contributed by atoms with Gasteiger partial charge in [0.2, 0.25) is 10.0 Å². The van der Waals surface area contributed by atoms with E-state index in [0.717, 1.165) is 12.1 Å². The van der Waals surface area contributed by atoms with E-state index in [1.165, 1.54) is 6.07 Å². The lowest BCUT2D eigenvalue weighted by Crippen LogP contribution is -2.32. The van der Waals surface area contributed by atoms with Crippen LogP contribution in [0.25, 0.3) is 0 Å². The van der Waals surface area contributed by atoms with Gasteiger partial charge >= 0.3 is 0 Å². The van der Waals surface area contributed by atoms with Crippen molar-refractivity contribution in [2.24, 2.45) is 0 Å². The normalized spacial score (nSPS) is 13.6. The molecule has 0 radical (unpaired) electrons. The van der Waals surface area contributed by atoms with Gasteiger partial charge in [0.15, 0.2) is 0 Å². The zero-order valence-electron chi connectivity index (χ0n) is 9.15. The van der Waals surface area contributed by atoms with Gasteiger partial charge in [-0.05, 0) is 24.6 Å². The Morgan fingerprint density at radius 1 is 1.53 bits per heavy atom. The van der Waals surface area contributed by atoms with Crippen LogP contribution in [0.4, 0.5) is 4.39 Å². The van der Waals surface area contributed by atoms with Gasteiger partial charge in [0, 0.05) is 11.6 Å². The second kappa shape index (κ2) is 5.77. The number of rotatable bonds is 5. The average Bonchev–Trinajstić information content (AvgIpc) is 2.29. The number of benzene rings is 1. The Hall–Kier alpha value is -0.690. The molecule has 0 aliphatic heterocycles. The van der Waals surface area contributed by atoms with Crippen molar-refractivity contribution in [3.63, 3.8) is 0 Å². The third kappa shape index (κ3) is 3.92. The third-order valence-electron chi connectivity index (χ3n) is 2.16. The maximum absolute atomic E-state index is 13.3. The fraction of sp³-hybridized carbons (Fsp3) is 0.400. The number of sulfonamides is 1. The van der Waals surface area contributed by atoms with Crippen LogP contribution in [0.15, 0.2) is 23.1 Å². The van der Waals surface area contributed by atoms with Crippen LogP contribution < -0.4 is 4.72 Å². The van der Waals surface area contributed by atoms with Crippen LogP contribution >= 0.6 is 11.6 Å². The molecule has 1 atom stereocenters. The molecule has 1 aromatic carbocycles. The summed E-state index contributed by atoms with van der Waals surface area (Å²) in [6, 6.07) is 3.27. The number of nitrogens with one attached hydrogen (secondary N) is 1. The molecule has 4 nitrogen and oxygen atoms in total. The van der Waals surface area contributed by atoms with Gasteiger partial charge < -0.3 is 5.11 Å². The second-order valence-electron chi connectivity index (χ2n) is 3.49. The molecule has 0 aromatic heterocycles. The van der Waals surface area contributed by atoms with Crippen molar-refractivity contribution in [2.75, 3.05) is 6.54 Å². The van der Waals surface area contributed by atoms with Crippen LogP contribution in [0.5, 0.6) is 0 Å². The number of aliphatic hydroxyl groups excluding tert-OH is 1.